The fraction of sp³-hybridized carbons (Fsp3) is 0.375. The van der Waals surface area contributed by atoms with Gasteiger partial charge in [-0.1, -0.05) is 42.0 Å². The van der Waals surface area contributed by atoms with Crippen LogP contribution < -0.4 is 4.48 Å². The Bertz CT molecular complexity index is 1330. The van der Waals surface area contributed by atoms with Gasteiger partial charge in [-0.25, -0.2) is 8.78 Å². The Morgan fingerprint density at radius 2 is 1.67 bits per heavy atom. The van der Waals surface area contributed by atoms with Crippen LogP contribution >= 0.6 is 0 Å². The lowest BCUT2D eigenvalue weighted by atomic mass is 9.81. The molecule has 1 fully saturated rings. The number of benzene rings is 3. The molecule has 2 heterocycles. The monoisotopic (exact) mass is 533 g/mol. The third-order valence-electron chi connectivity index (χ3n) is 8.54. The highest BCUT2D eigenvalue weighted by Crippen LogP contribution is 2.49. The Balaban J connectivity index is 1.35. The minimum Gasteiger partial charge on any atom is -0.408 e. The molecule has 3 aromatic rings. The number of ether oxygens (including phenoxy) is 1. The van der Waals surface area contributed by atoms with Gasteiger partial charge in [-0.2, -0.15) is 9.28 Å². The van der Waals surface area contributed by atoms with E-state index in [0.717, 1.165) is 34.2 Å². The zero-order valence-corrected chi connectivity index (χ0v) is 22.5. The predicted octanol–water partition coefficient (Wildman–Crippen LogP) is 6.61. The molecule has 7 heteroatoms. The van der Waals surface area contributed by atoms with Crippen molar-refractivity contribution < 1.29 is 23.1 Å². The van der Waals surface area contributed by atoms with E-state index < -0.39 is 5.60 Å². The first-order chi connectivity index (χ1) is 18.8. The number of quaternary nitrogens is 1. The van der Waals surface area contributed by atoms with Gasteiger partial charge in [-0.05, 0) is 56.6 Å². The lowest BCUT2D eigenvalue weighted by Gasteiger charge is -2.48. The summed E-state index contributed by atoms with van der Waals surface area (Å²) in [4.78, 5) is 27.8. The maximum atomic E-state index is 14.7. The number of carbonyl (C=O) groups excluding carboxylic acids is 2. The molecule has 0 radical (unpaired) electrons. The fourth-order valence-electron chi connectivity index (χ4n) is 6.07. The minimum absolute atomic E-state index is 0.0111. The van der Waals surface area contributed by atoms with E-state index in [1.54, 1.807) is 24.3 Å². The fourth-order valence-corrected chi connectivity index (χ4v) is 6.07. The summed E-state index contributed by atoms with van der Waals surface area (Å²) in [5, 5.41) is 0. The van der Waals surface area contributed by atoms with Gasteiger partial charge in [0.25, 0.3) is 0 Å². The number of halogens is 2. The van der Waals surface area contributed by atoms with Crippen LogP contribution in [0.15, 0.2) is 66.7 Å². The van der Waals surface area contributed by atoms with Crippen LogP contribution in [0.2, 0.25) is 0 Å². The van der Waals surface area contributed by atoms with Gasteiger partial charge >= 0.3 is 6.09 Å². The molecule has 1 saturated heterocycles. The van der Waals surface area contributed by atoms with Gasteiger partial charge in [-0.15, -0.1) is 0 Å². The first-order valence-electron chi connectivity index (χ1n) is 13.7. The van der Waals surface area contributed by atoms with E-state index in [2.05, 4.69) is 4.90 Å². The Kier molecular flexibility index (Phi) is 7.65. The quantitative estimate of drug-likeness (QED) is 0.241. The van der Waals surface area contributed by atoms with Gasteiger partial charge < -0.3 is 14.4 Å². The summed E-state index contributed by atoms with van der Waals surface area (Å²) < 4.78 is 34.3. The van der Waals surface area contributed by atoms with Crippen molar-refractivity contribution >= 4 is 18.1 Å². The van der Waals surface area contributed by atoms with E-state index in [-0.39, 0.29) is 28.1 Å². The molecule has 204 valence electrons. The largest absolute Gasteiger partial charge is 0.522 e. The Morgan fingerprint density at radius 3 is 2.31 bits per heavy atom. The molecule has 2 unspecified atom stereocenters. The van der Waals surface area contributed by atoms with Crippen LogP contribution in [0.5, 0.6) is 0 Å². The van der Waals surface area contributed by atoms with Crippen LogP contribution in [0, 0.1) is 18.6 Å². The minimum atomic E-state index is -0.879. The SMILES string of the molecule is CC[N+]1(Cc2ccc(C)cc2)C(=O)OC2(CCN(CCC(C=O)c3ccc(F)cc3)CC2)c2cc(F)ccc21. The highest BCUT2D eigenvalue weighted by Gasteiger charge is 2.56. The molecule has 1 spiro atoms. The summed E-state index contributed by atoms with van der Waals surface area (Å²) in [6.07, 6.45) is 2.32. The Morgan fingerprint density at radius 1 is 1.00 bits per heavy atom. The van der Waals surface area contributed by atoms with Crippen molar-refractivity contribution in [2.24, 2.45) is 0 Å². The summed E-state index contributed by atoms with van der Waals surface area (Å²) in [5.41, 5.74) is 3.65. The molecule has 2 aliphatic rings. The second-order valence-electron chi connectivity index (χ2n) is 10.9. The second kappa shape index (κ2) is 11.0. The molecule has 0 aromatic heterocycles. The number of hydrogen-bond acceptors (Lipinski definition) is 4. The van der Waals surface area contributed by atoms with E-state index in [1.165, 1.54) is 18.2 Å². The Hall–Kier alpha value is -3.42. The number of amides is 1. The first-order valence-corrected chi connectivity index (χ1v) is 13.7. The summed E-state index contributed by atoms with van der Waals surface area (Å²) in [5.74, 6) is -0.979. The number of nitrogens with zero attached hydrogens (tertiary/aromatic N) is 2. The van der Waals surface area contributed by atoms with Crippen molar-refractivity contribution in [3.8, 4) is 0 Å². The van der Waals surface area contributed by atoms with Crippen LogP contribution in [0.4, 0.5) is 19.3 Å². The lowest BCUT2D eigenvalue weighted by molar-refractivity contribution is -0.109. The standard InChI is InChI=1S/C32H35F2N2O3/c1-3-36(21-24-6-4-23(2)5-7-24)30-13-12-28(34)20-29(30)32(39-31(36)38)15-18-35(19-16-32)17-14-26(22-37)25-8-10-27(33)11-9-25/h4-13,20,22,26H,3,14-19,21H2,1-2H3/q+1. The van der Waals surface area contributed by atoms with Gasteiger partial charge in [0.1, 0.15) is 24.5 Å². The number of aldehydes is 1. The molecule has 0 bridgehead atoms. The molecule has 0 N–H and O–H groups in total. The summed E-state index contributed by atoms with van der Waals surface area (Å²) >= 11 is 0. The van der Waals surface area contributed by atoms with Gasteiger partial charge in [0.2, 0.25) is 0 Å². The highest BCUT2D eigenvalue weighted by molar-refractivity contribution is 5.86. The molecule has 5 rings (SSSR count). The van der Waals surface area contributed by atoms with Crippen LogP contribution in [0.1, 0.15) is 54.4 Å². The number of hydrogen-bond donors (Lipinski definition) is 0. The van der Waals surface area contributed by atoms with Crippen LogP contribution in [0.3, 0.4) is 0 Å². The van der Waals surface area contributed by atoms with Gasteiger partial charge in [0, 0.05) is 43.5 Å². The smallest absolute Gasteiger partial charge is 0.408 e. The summed E-state index contributed by atoms with van der Waals surface area (Å²) in [7, 11) is 0. The third kappa shape index (κ3) is 5.25. The highest BCUT2D eigenvalue weighted by atomic mass is 19.1. The lowest BCUT2D eigenvalue weighted by Crippen LogP contribution is -2.61. The normalized spacial score (nSPS) is 21.3. The van der Waals surface area contributed by atoms with E-state index in [1.807, 2.05) is 38.1 Å². The predicted molar refractivity (Wildman–Crippen MR) is 147 cm³/mol. The van der Waals surface area contributed by atoms with Crippen molar-refractivity contribution in [1.29, 1.82) is 0 Å². The summed E-state index contributed by atoms with van der Waals surface area (Å²) in [6, 6.07) is 18.9. The average Bonchev–Trinajstić information content (AvgIpc) is 2.94. The van der Waals surface area contributed by atoms with Crippen molar-refractivity contribution in [3.05, 3.63) is 101 Å². The molecular weight excluding hydrogens is 498 g/mol. The summed E-state index contributed by atoms with van der Waals surface area (Å²) in [6.45, 7) is 6.91. The number of piperidine rings is 1. The number of carbonyl (C=O) groups is 2. The number of rotatable bonds is 8. The molecular formula is C32H35F2N2O3+. The number of aryl methyl sites for hydroxylation is 1. The zero-order valence-electron chi connectivity index (χ0n) is 22.5. The van der Waals surface area contributed by atoms with E-state index in [4.69, 9.17) is 4.74 Å². The van der Waals surface area contributed by atoms with Crippen molar-refractivity contribution in [1.82, 2.24) is 9.38 Å². The van der Waals surface area contributed by atoms with Gasteiger partial charge in [0.15, 0.2) is 11.3 Å². The van der Waals surface area contributed by atoms with Crippen molar-refractivity contribution in [2.75, 3.05) is 26.2 Å². The molecule has 0 aliphatic carbocycles. The van der Waals surface area contributed by atoms with E-state index in [9.17, 15) is 18.4 Å². The topological polar surface area (TPSA) is 46.6 Å². The van der Waals surface area contributed by atoms with Crippen LogP contribution in [-0.2, 0) is 21.7 Å². The van der Waals surface area contributed by atoms with Crippen molar-refractivity contribution in [3.63, 3.8) is 0 Å². The molecule has 1 amide bonds. The van der Waals surface area contributed by atoms with Gasteiger partial charge in [-0.3, -0.25) is 0 Å². The molecule has 39 heavy (non-hydrogen) atoms. The van der Waals surface area contributed by atoms with Gasteiger partial charge in [0.05, 0.1) is 12.1 Å². The number of fused-ring (bicyclic) bond motifs is 2. The zero-order chi connectivity index (χ0) is 27.6. The second-order valence-corrected chi connectivity index (χ2v) is 10.9. The first kappa shape index (κ1) is 27.2. The Labute approximate surface area is 228 Å². The molecule has 3 aromatic carbocycles. The number of likely N-dealkylation sites (tertiary alicyclic amines) is 1. The molecule has 5 nitrogen and oxygen atoms in total. The van der Waals surface area contributed by atoms with Crippen LogP contribution in [-0.4, -0.2) is 43.5 Å². The molecule has 0 saturated carbocycles. The van der Waals surface area contributed by atoms with Crippen molar-refractivity contribution in [2.45, 2.75) is 51.2 Å². The van der Waals surface area contributed by atoms with Crippen LogP contribution in [0.25, 0.3) is 0 Å². The van der Waals surface area contributed by atoms with E-state index in [0.29, 0.717) is 52.0 Å². The molecule has 2 atom stereocenters. The van der Waals surface area contributed by atoms with E-state index >= 15 is 0 Å². The average molecular weight is 534 g/mol. The maximum Gasteiger partial charge on any atom is 0.522 e. The maximum absolute atomic E-state index is 14.7. The third-order valence-corrected chi connectivity index (χ3v) is 8.54. The molecule has 2 aliphatic heterocycles.